The van der Waals surface area contributed by atoms with Crippen molar-refractivity contribution < 1.29 is 8.42 Å². The van der Waals surface area contributed by atoms with Crippen LogP contribution in [0.4, 0.5) is 0 Å². The van der Waals surface area contributed by atoms with Gasteiger partial charge in [-0.3, -0.25) is 0 Å². The lowest BCUT2D eigenvalue weighted by molar-refractivity contribution is 0.242. The zero-order chi connectivity index (χ0) is 14.8. The van der Waals surface area contributed by atoms with Crippen LogP contribution >= 0.6 is 11.6 Å². The van der Waals surface area contributed by atoms with Crippen molar-refractivity contribution in [2.75, 3.05) is 20.1 Å². The Kier molecular flexibility index (Phi) is 4.66. The predicted molar refractivity (Wildman–Crippen MR) is 77.0 cm³/mol. The van der Waals surface area contributed by atoms with Crippen LogP contribution in [0.25, 0.3) is 0 Å². The average molecular weight is 314 g/mol. The van der Waals surface area contributed by atoms with Crippen molar-refractivity contribution in [1.82, 2.24) is 9.62 Å². The summed E-state index contributed by atoms with van der Waals surface area (Å²) in [7, 11) is -1.69. The third-order valence-corrected chi connectivity index (χ3v) is 5.30. The Bertz CT molecular complexity index is 640. The molecule has 1 fully saturated rings. The SMILES string of the molecule is CN1CCCC(NS(=O)(=O)c2ccc(C#N)cc2Cl)C1. The molecule has 0 aliphatic carbocycles. The molecular weight excluding hydrogens is 298 g/mol. The average Bonchev–Trinajstić information content (AvgIpc) is 2.37. The highest BCUT2D eigenvalue weighted by molar-refractivity contribution is 7.89. The number of halogens is 1. The van der Waals surface area contributed by atoms with Gasteiger partial charge in [-0.1, -0.05) is 11.6 Å². The molecule has 0 amide bonds. The fourth-order valence-electron chi connectivity index (χ4n) is 2.33. The number of hydrogen-bond acceptors (Lipinski definition) is 4. The van der Waals surface area contributed by atoms with Crippen molar-refractivity contribution in [3.63, 3.8) is 0 Å². The Morgan fingerprint density at radius 1 is 1.50 bits per heavy atom. The van der Waals surface area contributed by atoms with Crippen molar-refractivity contribution in [2.45, 2.75) is 23.8 Å². The predicted octanol–water partition coefficient (Wildman–Crippen LogP) is 1.58. The number of rotatable bonds is 3. The maximum Gasteiger partial charge on any atom is 0.242 e. The van der Waals surface area contributed by atoms with Gasteiger partial charge in [-0.25, -0.2) is 13.1 Å². The van der Waals surface area contributed by atoms with Crippen molar-refractivity contribution in [2.24, 2.45) is 0 Å². The molecule has 5 nitrogen and oxygen atoms in total. The molecule has 1 aromatic carbocycles. The number of nitrogens with zero attached hydrogens (tertiary/aromatic N) is 2. The molecule has 108 valence electrons. The van der Waals surface area contributed by atoms with Crippen LogP contribution in [0.2, 0.25) is 5.02 Å². The third-order valence-electron chi connectivity index (χ3n) is 3.30. The molecule has 7 heteroatoms. The van der Waals surface area contributed by atoms with E-state index < -0.39 is 10.0 Å². The molecule has 1 heterocycles. The van der Waals surface area contributed by atoms with Gasteiger partial charge in [-0.05, 0) is 44.6 Å². The monoisotopic (exact) mass is 313 g/mol. The van der Waals surface area contributed by atoms with E-state index in [1.807, 2.05) is 13.1 Å². The Hall–Kier alpha value is -1.13. The first-order valence-corrected chi connectivity index (χ1v) is 8.19. The fourth-order valence-corrected chi connectivity index (χ4v) is 4.14. The first-order chi connectivity index (χ1) is 9.42. The summed E-state index contributed by atoms with van der Waals surface area (Å²) in [5.74, 6) is 0. The highest BCUT2D eigenvalue weighted by Gasteiger charge is 2.25. The number of piperidine rings is 1. The van der Waals surface area contributed by atoms with Crippen LogP contribution in [-0.2, 0) is 10.0 Å². The minimum absolute atomic E-state index is 0.0198. The molecule has 1 aliphatic rings. The lowest BCUT2D eigenvalue weighted by Crippen LogP contribution is -2.46. The van der Waals surface area contributed by atoms with Crippen molar-refractivity contribution in [3.8, 4) is 6.07 Å². The van der Waals surface area contributed by atoms with Gasteiger partial charge >= 0.3 is 0 Å². The Morgan fingerprint density at radius 3 is 2.85 bits per heavy atom. The van der Waals surface area contributed by atoms with Crippen LogP contribution in [0, 0.1) is 11.3 Å². The fraction of sp³-hybridized carbons (Fsp3) is 0.462. The highest BCUT2D eigenvalue weighted by atomic mass is 35.5. The zero-order valence-electron chi connectivity index (χ0n) is 11.1. The quantitative estimate of drug-likeness (QED) is 0.919. The Balaban J connectivity index is 2.20. The first kappa shape index (κ1) is 15.3. The summed E-state index contributed by atoms with van der Waals surface area (Å²) in [4.78, 5) is 2.11. The summed E-state index contributed by atoms with van der Waals surface area (Å²) in [6, 6.07) is 6.01. The largest absolute Gasteiger partial charge is 0.305 e. The van der Waals surface area contributed by atoms with Crippen molar-refractivity contribution >= 4 is 21.6 Å². The molecule has 0 radical (unpaired) electrons. The highest BCUT2D eigenvalue weighted by Crippen LogP contribution is 2.23. The van der Waals surface area contributed by atoms with E-state index in [1.54, 1.807) is 0 Å². The topological polar surface area (TPSA) is 73.2 Å². The van der Waals surface area contributed by atoms with Gasteiger partial charge < -0.3 is 4.90 Å². The molecule has 20 heavy (non-hydrogen) atoms. The van der Waals surface area contributed by atoms with Gasteiger partial charge in [-0.2, -0.15) is 5.26 Å². The van der Waals surface area contributed by atoms with Crippen LogP contribution in [-0.4, -0.2) is 39.5 Å². The van der Waals surface area contributed by atoms with Crippen LogP contribution in [0.3, 0.4) is 0 Å². The molecule has 1 aromatic rings. The van der Waals surface area contributed by atoms with Gasteiger partial charge in [0.2, 0.25) is 10.0 Å². The van der Waals surface area contributed by atoms with Crippen LogP contribution in [0.15, 0.2) is 23.1 Å². The maximum absolute atomic E-state index is 12.3. The lowest BCUT2D eigenvalue weighted by Gasteiger charge is -2.30. The van der Waals surface area contributed by atoms with E-state index in [4.69, 9.17) is 16.9 Å². The van der Waals surface area contributed by atoms with E-state index in [-0.39, 0.29) is 16.0 Å². The van der Waals surface area contributed by atoms with Gasteiger partial charge in [-0.15, -0.1) is 0 Å². The summed E-state index contributed by atoms with van der Waals surface area (Å²) in [6.07, 6.45) is 1.78. The molecule has 1 saturated heterocycles. The summed E-state index contributed by atoms with van der Waals surface area (Å²) in [5.41, 5.74) is 0.339. The van der Waals surface area contributed by atoms with Gasteiger partial charge in [0.15, 0.2) is 0 Å². The summed E-state index contributed by atoms with van der Waals surface area (Å²) < 4.78 is 27.3. The Morgan fingerprint density at radius 2 is 2.25 bits per heavy atom. The van der Waals surface area contributed by atoms with E-state index in [0.717, 1.165) is 19.4 Å². The van der Waals surface area contributed by atoms with Gasteiger partial charge in [0.25, 0.3) is 0 Å². The number of nitriles is 1. The van der Waals surface area contributed by atoms with E-state index in [0.29, 0.717) is 12.1 Å². The second-order valence-corrected chi connectivity index (χ2v) is 7.07. The molecular formula is C13H16ClN3O2S. The smallest absolute Gasteiger partial charge is 0.242 e. The number of sulfonamides is 1. The molecule has 0 spiro atoms. The number of hydrogen-bond donors (Lipinski definition) is 1. The lowest BCUT2D eigenvalue weighted by atomic mass is 10.1. The number of benzene rings is 1. The van der Waals surface area contributed by atoms with Crippen LogP contribution < -0.4 is 4.72 Å². The van der Waals surface area contributed by atoms with Crippen molar-refractivity contribution in [1.29, 1.82) is 5.26 Å². The van der Waals surface area contributed by atoms with Gasteiger partial charge in [0, 0.05) is 12.6 Å². The molecule has 0 saturated carbocycles. The zero-order valence-corrected chi connectivity index (χ0v) is 12.7. The molecule has 0 aromatic heterocycles. The van der Waals surface area contributed by atoms with Crippen molar-refractivity contribution in [3.05, 3.63) is 28.8 Å². The maximum atomic E-state index is 12.3. The number of nitrogens with one attached hydrogen (secondary N) is 1. The molecule has 1 N–H and O–H groups in total. The number of likely N-dealkylation sites (tertiary alicyclic amines) is 1. The van der Waals surface area contributed by atoms with E-state index in [9.17, 15) is 8.42 Å². The van der Waals surface area contributed by atoms with Gasteiger partial charge in [0.1, 0.15) is 4.90 Å². The summed E-state index contributed by atoms with van der Waals surface area (Å²) in [5, 5.41) is 8.84. The first-order valence-electron chi connectivity index (χ1n) is 6.33. The van der Waals surface area contributed by atoms with Crippen LogP contribution in [0.1, 0.15) is 18.4 Å². The molecule has 1 unspecified atom stereocenters. The van der Waals surface area contributed by atoms with E-state index in [1.165, 1.54) is 18.2 Å². The Labute approximate surface area is 124 Å². The minimum Gasteiger partial charge on any atom is -0.305 e. The summed E-state index contributed by atoms with van der Waals surface area (Å²) >= 11 is 5.96. The third kappa shape index (κ3) is 3.49. The second-order valence-electron chi connectivity index (χ2n) is 4.98. The number of likely N-dealkylation sites (N-methyl/N-ethyl adjacent to an activating group) is 1. The molecule has 0 bridgehead atoms. The summed E-state index contributed by atoms with van der Waals surface area (Å²) in [6.45, 7) is 1.67. The van der Waals surface area contributed by atoms with E-state index >= 15 is 0 Å². The molecule has 1 aliphatic heterocycles. The standard InChI is InChI=1S/C13H16ClN3O2S/c1-17-6-2-3-11(9-17)16-20(18,19)13-5-4-10(8-15)7-12(13)14/h4-5,7,11,16H,2-3,6,9H2,1H3. The normalized spacial score (nSPS) is 20.6. The van der Waals surface area contributed by atoms with Gasteiger partial charge in [0.05, 0.1) is 16.7 Å². The van der Waals surface area contributed by atoms with Crippen LogP contribution in [0.5, 0.6) is 0 Å². The molecule has 1 atom stereocenters. The second kappa shape index (κ2) is 6.10. The molecule has 2 rings (SSSR count). The minimum atomic E-state index is -3.66. The van der Waals surface area contributed by atoms with E-state index in [2.05, 4.69) is 9.62 Å².